The van der Waals surface area contributed by atoms with Gasteiger partial charge >= 0.3 is 0 Å². The lowest BCUT2D eigenvalue weighted by Crippen LogP contribution is -2.35. The second kappa shape index (κ2) is 7.56. The van der Waals surface area contributed by atoms with E-state index in [1.165, 1.54) is 0 Å². The maximum Gasteiger partial charge on any atom is 0.223 e. The van der Waals surface area contributed by atoms with Crippen molar-refractivity contribution in [2.24, 2.45) is 7.05 Å². The molecule has 0 unspecified atom stereocenters. The van der Waals surface area contributed by atoms with Crippen LogP contribution in [0.3, 0.4) is 0 Å². The lowest BCUT2D eigenvalue weighted by Gasteiger charge is -2.23. The van der Waals surface area contributed by atoms with E-state index in [2.05, 4.69) is 25.7 Å². The number of anilines is 1. The summed E-state index contributed by atoms with van der Waals surface area (Å²) in [7, 11) is 1.93. The number of hydrogen-bond donors (Lipinski definition) is 2. The van der Waals surface area contributed by atoms with E-state index in [1.54, 1.807) is 6.20 Å². The standard InChI is InChI=1S/C17H19ClN6.ClH/c1-24-14-5-3-2-4-12(14)15(23-24)16-13(18)10-20-17(22-16)21-11-6-8-19-9-7-11;/h2-5,10-11,19H,6-9H2,1H3,(H,20,21,22);1H. The van der Waals surface area contributed by atoms with Gasteiger partial charge in [0.2, 0.25) is 5.95 Å². The van der Waals surface area contributed by atoms with E-state index >= 15 is 0 Å². The average Bonchev–Trinajstić information content (AvgIpc) is 2.95. The maximum atomic E-state index is 6.37. The summed E-state index contributed by atoms with van der Waals surface area (Å²) in [6, 6.07) is 8.46. The first-order valence-electron chi connectivity index (χ1n) is 8.14. The number of fused-ring (bicyclic) bond motifs is 1. The molecule has 25 heavy (non-hydrogen) atoms. The van der Waals surface area contributed by atoms with Gasteiger partial charge in [-0.05, 0) is 32.0 Å². The van der Waals surface area contributed by atoms with E-state index in [-0.39, 0.29) is 12.4 Å². The third-order valence-corrected chi connectivity index (χ3v) is 4.68. The summed E-state index contributed by atoms with van der Waals surface area (Å²) < 4.78 is 1.85. The molecule has 2 aromatic heterocycles. The Labute approximate surface area is 157 Å². The Kier molecular flexibility index (Phi) is 5.42. The summed E-state index contributed by atoms with van der Waals surface area (Å²) in [5.41, 5.74) is 2.50. The molecule has 3 heterocycles. The zero-order chi connectivity index (χ0) is 16.5. The Hall–Kier alpha value is -1.89. The van der Waals surface area contributed by atoms with Crippen LogP contribution < -0.4 is 10.6 Å². The quantitative estimate of drug-likeness (QED) is 0.731. The first kappa shape index (κ1) is 17.9. The number of aromatic nitrogens is 4. The average molecular weight is 379 g/mol. The van der Waals surface area contributed by atoms with Crippen LogP contribution in [0.25, 0.3) is 22.3 Å². The normalized spacial score (nSPS) is 15.1. The van der Waals surface area contributed by atoms with Crippen molar-refractivity contribution in [2.45, 2.75) is 18.9 Å². The van der Waals surface area contributed by atoms with Crippen molar-refractivity contribution in [3.63, 3.8) is 0 Å². The van der Waals surface area contributed by atoms with Crippen LogP contribution >= 0.6 is 24.0 Å². The second-order valence-electron chi connectivity index (χ2n) is 6.05. The lowest BCUT2D eigenvalue weighted by molar-refractivity contribution is 0.477. The first-order valence-corrected chi connectivity index (χ1v) is 8.52. The highest BCUT2D eigenvalue weighted by molar-refractivity contribution is 6.33. The van der Waals surface area contributed by atoms with Crippen LogP contribution in [0.4, 0.5) is 5.95 Å². The first-order chi connectivity index (χ1) is 11.7. The molecule has 0 radical (unpaired) electrons. The smallest absolute Gasteiger partial charge is 0.223 e. The molecule has 2 N–H and O–H groups in total. The van der Waals surface area contributed by atoms with E-state index in [0.29, 0.717) is 22.7 Å². The Bertz CT molecular complexity index is 873. The predicted octanol–water partition coefficient (Wildman–Crippen LogP) is 3.27. The minimum atomic E-state index is 0. The Morgan fingerprint density at radius 2 is 1.96 bits per heavy atom. The zero-order valence-corrected chi connectivity index (χ0v) is 15.4. The van der Waals surface area contributed by atoms with Gasteiger partial charge in [0.15, 0.2) is 0 Å². The van der Waals surface area contributed by atoms with Gasteiger partial charge in [0, 0.05) is 18.5 Å². The maximum absolute atomic E-state index is 6.37. The number of rotatable bonds is 3. The van der Waals surface area contributed by atoms with Gasteiger partial charge in [-0.15, -0.1) is 12.4 Å². The fraction of sp³-hybridized carbons (Fsp3) is 0.353. The molecule has 0 saturated carbocycles. The molecule has 1 saturated heterocycles. The second-order valence-corrected chi connectivity index (χ2v) is 6.46. The lowest BCUT2D eigenvalue weighted by atomic mass is 10.1. The largest absolute Gasteiger partial charge is 0.351 e. The molecule has 0 bridgehead atoms. The highest BCUT2D eigenvalue weighted by Gasteiger charge is 2.18. The molecule has 0 aliphatic carbocycles. The fourth-order valence-corrected chi connectivity index (χ4v) is 3.32. The molecule has 3 aromatic rings. The summed E-state index contributed by atoms with van der Waals surface area (Å²) in [4.78, 5) is 8.99. The van der Waals surface area contributed by atoms with E-state index < -0.39 is 0 Å². The number of piperidine rings is 1. The van der Waals surface area contributed by atoms with E-state index in [4.69, 9.17) is 11.6 Å². The van der Waals surface area contributed by atoms with E-state index in [9.17, 15) is 0 Å². The van der Waals surface area contributed by atoms with Gasteiger partial charge in [0.1, 0.15) is 11.4 Å². The Morgan fingerprint density at radius 1 is 1.20 bits per heavy atom. The molecule has 1 aliphatic rings. The minimum Gasteiger partial charge on any atom is -0.351 e. The summed E-state index contributed by atoms with van der Waals surface area (Å²) in [5, 5.41) is 12.9. The van der Waals surface area contributed by atoms with Gasteiger partial charge in [0.05, 0.1) is 16.7 Å². The van der Waals surface area contributed by atoms with Crippen molar-refractivity contribution in [1.29, 1.82) is 0 Å². The third kappa shape index (κ3) is 3.56. The molecule has 0 amide bonds. The number of hydrogen-bond acceptors (Lipinski definition) is 5. The zero-order valence-electron chi connectivity index (χ0n) is 13.9. The summed E-state index contributed by atoms with van der Waals surface area (Å²) in [5.74, 6) is 0.607. The van der Waals surface area contributed by atoms with Crippen molar-refractivity contribution < 1.29 is 0 Å². The molecule has 1 aromatic carbocycles. The van der Waals surface area contributed by atoms with Gasteiger partial charge in [-0.3, -0.25) is 4.68 Å². The topological polar surface area (TPSA) is 67.7 Å². The predicted molar refractivity (Wildman–Crippen MR) is 104 cm³/mol. The molecule has 0 atom stereocenters. The molecule has 1 aliphatic heterocycles. The van der Waals surface area contributed by atoms with Crippen LogP contribution in [0, 0.1) is 0 Å². The molecule has 8 heteroatoms. The van der Waals surface area contributed by atoms with Crippen molar-refractivity contribution in [3.05, 3.63) is 35.5 Å². The van der Waals surface area contributed by atoms with Gasteiger partial charge in [-0.2, -0.15) is 5.10 Å². The minimum absolute atomic E-state index is 0. The molecule has 1 fully saturated rings. The van der Waals surface area contributed by atoms with Crippen LogP contribution in [0.5, 0.6) is 0 Å². The van der Waals surface area contributed by atoms with Crippen LogP contribution in [0.2, 0.25) is 5.02 Å². The number of para-hydroxylation sites is 1. The van der Waals surface area contributed by atoms with Crippen molar-refractivity contribution in [2.75, 3.05) is 18.4 Å². The number of benzene rings is 1. The summed E-state index contributed by atoms with van der Waals surface area (Å²) in [6.45, 7) is 2.03. The van der Waals surface area contributed by atoms with Crippen molar-refractivity contribution >= 4 is 40.9 Å². The van der Waals surface area contributed by atoms with Gasteiger partial charge in [-0.25, -0.2) is 9.97 Å². The van der Waals surface area contributed by atoms with E-state index in [0.717, 1.165) is 42.5 Å². The molecule has 132 valence electrons. The Balaban J connectivity index is 0.00000182. The fourth-order valence-electron chi connectivity index (χ4n) is 3.14. The van der Waals surface area contributed by atoms with Crippen LogP contribution in [0.15, 0.2) is 30.5 Å². The van der Waals surface area contributed by atoms with Crippen LogP contribution in [-0.4, -0.2) is 38.9 Å². The third-order valence-electron chi connectivity index (χ3n) is 4.40. The van der Waals surface area contributed by atoms with Gasteiger partial charge < -0.3 is 10.6 Å². The highest BCUT2D eigenvalue weighted by atomic mass is 35.5. The highest BCUT2D eigenvalue weighted by Crippen LogP contribution is 2.31. The Morgan fingerprint density at radius 3 is 2.76 bits per heavy atom. The molecule has 0 spiro atoms. The summed E-state index contributed by atoms with van der Waals surface area (Å²) in [6.07, 6.45) is 3.78. The SMILES string of the molecule is Cl.Cn1nc(-c2nc(NC3CCNCC3)ncc2Cl)c2ccccc21. The van der Waals surface area contributed by atoms with Crippen LogP contribution in [0.1, 0.15) is 12.8 Å². The molecule has 4 rings (SSSR count). The molecule has 6 nitrogen and oxygen atoms in total. The number of nitrogens with zero attached hydrogens (tertiary/aromatic N) is 4. The number of halogens is 2. The van der Waals surface area contributed by atoms with Gasteiger partial charge in [0.25, 0.3) is 0 Å². The van der Waals surface area contributed by atoms with Crippen molar-refractivity contribution in [1.82, 2.24) is 25.1 Å². The molecular weight excluding hydrogens is 359 g/mol. The van der Waals surface area contributed by atoms with Crippen LogP contribution in [-0.2, 0) is 7.05 Å². The monoisotopic (exact) mass is 378 g/mol. The summed E-state index contributed by atoms with van der Waals surface area (Å²) >= 11 is 6.37. The van der Waals surface area contributed by atoms with Crippen molar-refractivity contribution in [3.8, 4) is 11.4 Å². The van der Waals surface area contributed by atoms with E-state index in [1.807, 2.05) is 36.0 Å². The number of nitrogens with one attached hydrogen (secondary N) is 2. The number of aryl methyl sites for hydroxylation is 1. The molecular formula is C17H20Cl2N6. The van der Waals surface area contributed by atoms with Gasteiger partial charge in [-0.1, -0.05) is 29.8 Å².